The van der Waals surface area contributed by atoms with Crippen molar-refractivity contribution in [3.05, 3.63) is 27.7 Å². The van der Waals surface area contributed by atoms with E-state index in [4.69, 9.17) is 16.3 Å². The number of carbonyl (C=O) groups excluding carboxylic acids is 1. The molecule has 0 heterocycles. The minimum atomic E-state index is -0.479. The van der Waals surface area contributed by atoms with Crippen molar-refractivity contribution in [3.63, 3.8) is 0 Å². The van der Waals surface area contributed by atoms with E-state index in [-0.39, 0.29) is 5.91 Å². The highest BCUT2D eigenvalue weighted by atomic mass is 79.9. The molecule has 0 saturated carbocycles. The second kappa shape index (κ2) is 5.49. The van der Waals surface area contributed by atoms with Crippen molar-refractivity contribution in [1.82, 2.24) is 0 Å². The summed E-state index contributed by atoms with van der Waals surface area (Å²) < 4.78 is 5.64. The maximum atomic E-state index is 11.5. The molecule has 0 aromatic heterocycles. The molecule has 1 rings (SSSR count). The molecule has 0 fully saturated rings. The SMILES string of the molecule is COC(C)C(=O)Nc1ccc(Cl)cc1Br. The highest BCUT2D eigenvalue weighted by Gasteiger charge is 2.12. The first kappa shape index (κ1) is 12.5. The van der Waals surface area contributed by atoms with Gasteiger partial charge in [-0.05, 0) is 41.1 Å². The van der Waals surface area contributed by atoms with Gasteiger partial charge in [-0.25, -0.2) is 0 Å². The molecule has 1 amide bonds. The van der Waals surface area contributed by atoms with Gasteiger partial charge < -0.3 is 10.1 Å². The first-order valence-corrected chi connectivity index (χ1v) is 5.50. The normalized spacial score (nSPS) is 12.3. The van der Waals surface area contributed by atoms with Crippen LogP contribution in [0.4, 0.5) is 5.69 Å². The van der Waals surface area contributed by atoms with Gasteiger partial charge in [-0.15, -0.1) is 0 Å². The summed E-state index contributed by atoms with van der Waals surface area (Å²) in [6.45, 7) is 1.68. The summed E-state index contributed by atoms with van der Waals surface area (Å²) in [5.41, 5.74) is 0.674. The van der Waals surface area contributed by atoms with Crippen LogP contribution >= 0.6 is 27.5 Å². The van der Waals surface area contributed by atoms with Gasteiger partial charge in [0.15, 0.2) is 0 Å². The van der Waals surface area contributed by atoms with Crippen LogP contribution in [0, 0.1) is 0 Å². The lowest BCUT2D eigenvalue weighted by Gasteiger charge is -2.11. The summed E-state index contributed by atoms with van der Waals surface area (Å²) in [5, 5.41) is 3.33. The summed E-state index contributed by atoms with van der Waals surface area (Å²) in [6.07, 6.45) is -0.479. The average Bonchev–Trinajstić information content (AvgIpc) is 2.20. The molecule has 0 spiro atoms. The molecular formula is C10H11BrClNO2. The van der Waals surface area contributed by atoms with E-state index in [0.717, 1.165) is 4.47 Å². The van der Waals surface area contributed by atoms with E-state index in [1.54, 1.807) is 25.1 Å². The van der Waals surface area contributed by atoms with Gasteiger partial charge in [0.05, 0.1) is 5.69 Å². The number of hydrogen-bond donors (Lipinski definition) is 1. The predicted molar refractivity (Wildman–Crippen MR) is 64.3 cm³/mol. The molecule has 1 unspecified atom stereocenters. The molecule has 0 bridgehead atoms. The minimum absolute atomic E-state index is 0.194. The fourth-order valence-electron chi connectivity index (χ4n) is 0.932. The Morgan fingerprint density at radius 2 is 2.27 bits per heavy atom. The smallest absolute Gasteiger partial charge is 0.253 e. The third-order valence-corrected chi connectivity index (χ3v) is 2.80. The molecule has 1 aromatic carbocycles. The van der Waals surface area contributed by atoms with Crippen molar-refractivity contribution in [2.24, 2.45) is 0 Å². The van der Waals surface area contributed by atoms with Crippen LogP contribution in [0.15, 0.2) is 22.7 Å². The monoisotopic (exact) mass is 291 g/mol. The van der Waals surface area contributed by atoms with Crippen molar-refractivity contribution in [3.8, 4) is 0 Å². The fourth-order valence-corrected chi connectivity index (χ4v) is 1.71. The van der Waals surface area contributed by atoms with Gasteiger partial charge in [0.1, 0.15) is 6.10 Å². The Labute approximate surface area is 102 Å². The number of amides is 1. The first-order valence-electron chi connectivity index (χ1n) is 4.33. The molecule has 82 valence electrons. The maximum Gasteiger partial charge on any atom is 0.253 e. The zero-order chi connectivity index (χ0) is 11.4. The fraction of sp³-hybridized carbons (Fsp3) is 0.300. The Hall–Kier alpha value is -0.580. The van der Waals surface area contributed by atoms with Crippen LogP contribution in [0.25, 0.3) is 0 Å². The zero-order valence-electron chi connectivity index (χ0n) is 8.38. The van der Waals surface area contributed by atoms with E-state index in [2.05, 4.69) is 21.2 Å². The van der Waals surface area contributed by atoms with Crippen LogP contribution < -0.4 is 5.32 Å². The predicted octanol–water partition coefficient (Wildman–Crippen LogP) is 3.08. The van der Waals surface area contributed by atoms with Crippen molar-refractivity contribution >= 4 is 39.1 Å². The molecule has 1 aromatic rings. The van der Waals surface area contributed by atoms with Gasteiger partial charge in [-0.2, -0.15) is 0 Å². The van der Waals surface area contributed by atoms with Crippen molar-refractivity contribution < 1.29 is 9.53 Å². The van der Waals surface area contributed by atoms with E-state index in [1.165, 1.54) is 7.11 Å². The minimum Gasteiger partial charge on any atom is -0.372 e. The lowest BCUT2D eigenvalue weighted by Crippen LogP contribution is -2.26. The molecule has 0 radical (unpaired) electrons. The largest absolute Gasteiger partial charge is 0.372 e. The summed E-state index contributed by atoms with van der Waals surface area (Å²) in [7, 11) is 1.49. The standard InChI is InChI=1S/C10H11BrClNO2/c1-6(15-2)10(14)13-9-4-3-7(12)5-8(9)11/h3-6H,1-2H3,(H,13,14). The molecule has 1 N–H and O–H groups in total. The number of halogens is 2. The number of benzene rings is 1. The van der Waals surface area contributed by atoms with Gasteiger partial charge in [-0.1, -0.05) is 11.6 Å². The number of anilines is 1. The summed E-state index contributed by atoms with van der Waals surface area (Å²) in [5.74, 6) is -0.194. The van der Waals surface area contributed by atoms with Gasteiger partial charge >= 0.3 is 0 Å². The van der Waals surface area contributed by atoms with Crippen LogP contribution in [-0.4, -0.2) is 19.1 Å². The molecule has 3 nitrogen and oxygen atoms in total. The van der Waals surface area contributed by atoms with Gasteiger partial charge in [0.25, 0.3) is 5.91 Å². The highest BCUT2D eigenvalue weighted by Crippen LogP contribution is 2.25. The van der Waals surface area contributed by atoms with E-state index in [9.17, 15) is 4.79 Å². The number of hydrogen-bond acceptors (Lipinski definition) is 2. The third kappa shape index (κ3) is 3.48. The molecule has 0 aliphatic carbocycles. The lowest BCUT2D eigenvalue weighted by atomic mass is 10.3. The van der Waals surface area contributed by atoms with Crippen LogP contribution in [0.5, 0.6) is 0 Å². The lowest BCUT2D eigenvalue weighted by molar-refractivity contribution is -0.124. The maximum absolute atomic E-state index is 11.5. The van der Waals surface area contributed by atoms with Crippen molar-refractivity contribution in [1.29, 1.82) is 0 Å². The molecule has 0 saturated heterocycles. The Bertz CT molecular complexity index is 370. The number of nitrogens with one attached hydrogen (secondary N) is 1. The molecular weight excluding hydrogens is 281 g/mol. The van der Waals surface area contributed by atoms with Crippen LogP contribution in [0.2, 0.25) is 5.02 Å². The average molecular weight is 293 g/mol. The van der Waals surface area contributed by atoms with Gasteiger partial charge in [0.2, 0.25) is 0 Å². The Kier molecular flexibility index (Phi) is 4.57. The zero-order valence-corrected chi connectivity index (χ0v) is 10.7. The van der Waals surface area contributed by atoms with E-state index < -0.39 is 6.10 Å². The molecule has 0 aliphatic rings. The van der Waals surface area contributed by atoms with Crippen molar-refractivity contribution in [2.45, 2.75) is 13.0 Å². The number of ether oxygens (including phenoxy) is 1. The third-order valence-electron chi connectivity index (χ3n) is 1.91. The molecule has 0 aliphatic heterocycles. The van der Waals surface area contributed by atoms with E-state index >= 15 is 0 Å². The number of methoxy groups -OCH3 is 1. The summed E-state index contributed by atoms with van der Waals surface area (Å²) in [6, 6.07) is 5.15. The molecule has 15 heavy (non-hydrogen) atoms. The first-order chi connectivity index (χ1) is 7.04. The quantitative estimate of drug-likeness (QED) is 0.930. The number of rotatable bonds is 3. The summed E-state index contributed by atoms with van der Waals surface area (Å²) >= 11 is 9.08. The second-order valence-electron chi connectivity index (χ2n) is 2.99. The van der Waals surface area contributed by atoms with Crippen LogP contribution in [0.1, 0.15) is 6.92 Å². The van der Waals surface area contributed by atoms with Gasteiger partial charge in [0, 0.05) is 16.6 Å². The number of carbonyl (C=O) groups is 1. The molecule has 5 heteroatoms. The van der Waals surface area contributed by atoms with E-state index in [0.29, 0.717) is 10.7 Å². The Balaban J connectivity index is 2.77. The second-order valence-corrected chi connectivity index (χ2v) is 4.28. The van der Waals surface area contributed by atoms with Gasteiger partial charge in [-0.3, -0.25) is 4.79 Å². The Morgan fingerprint density at radius 3 is 2.80 bits per heavy atom. The molecule has 1 atom stereocenters. The highest BCUT2D eigenvalue weighted by molar-refractivity contribution is 9.10. The van der Waals surface area contributed by atoms with Crippen molar-refractivity contribution in [2.75, 3.05) is 12.4 Å². The topological polar surface area (TPSA) is 38.3 Å². The van der Waals surface area contributed by atoms with Crippen LogP contribution in [0.3, 0.4) is 0 Å². The van der Waals surface area contributed by atoms with Crippen LogP contribution in [-0.2, 0) is 9.53 Å². The van der Waals surface area contributed by atoms with E-state index in [1.807, 2.05) is 0 Å². The summed E-state index contributed by atoms with van der Waals surface area (Å²) in [4.78, 5) is 11.5. The Morgan fingerprint density at radius 1 is 1.60 bits per heavy atom.